The molecular weight excluding hydrogens is 256 g/mol. The number of hydrogen-bond donors (Lipinski definition) is 2. The van der Waals surface area contributed by atoms with Crippen LogP contribution in [0, 0.1) is 0 Å². The number of nitrogens with zero attached hydrogens (tertiary/aromatic N) is 1. The summed E-state index contributed by atoms with van der Waals surface area (Å²) in [5, 5.41) is 12.4. The summed E-state index contributed by atoms with van der Waals surface area (Å²) in [6.45, 7) is 3.36. The molecule has 2 N–H and O–H groups in total. The average molecular weight is 272 g/mol. The molecule has 0 saturated heterocycles. The van der Waals surface area contributed by atoms with Crippen LogP contribution in [0.15, 0.2) is 36.5 Å². The number of hydrogen-bond acceptors (Lipinski definition) is 3. The molecule has 0 atom stereocenters. The van der Waals surface area contributed by atoms with Crippen LogP contribution in [0.25, 0.3) is 10.9 Å². The van der Waals surface area contributed by atoms with E-state index in [1.165, 1.54) is 0 Å². The van der Waals surface area contributed by atoms with E-state index >= 15 is 0 Å². The Hall–Kier alpha value is -2.43. The number of aromatic nitrogens is 1. The standard InChI is InChI=1S/C15H16N2O3/c1-15(2,9-13(18)19)17-14(20)11-5-6-12-10(8-11)4-3-7-16-12/h3-8H,9H2,1-2H3,(H,17,20)(H,18,19). The number of nitrogens with one attached hydrogen (secondary N) is 1. The lowest BCUT2D eigenvalue weighted by molar-refractivity contribution is -0.138. The normalized spacial score (nSPS) is 11.3. The summed E-state index contributed by atoms with van der Waals surface area (Å²) in [7, 11) is 0. The van der Waals surface area contributed by atoms with Crippen molar-refractivity contribution in [2.75, 3.05) is 0 Å². The van der Waals surface area contributed by atoms with E-state index in [2.05, 4.69) is 10.3 Å². The molecule has 5 heteroatoms. The third kappa shape index (κ3) is 3.32. The first kappa shape index (κ1) is 14.0. The molecule has 2 rings (SSSR count). The SMILES string of the molecule is CC(C)(CC(=O)O)NC(=O)c1ccc2ncccc2c1. The first-order chi connectivity index (χ1) is 9.37. The molecule has 1 aromatic carbocycles. The minimum atomic E-state index is -0.946. The highest BCUT2D eigenvalue weighted by Crippen LogP contribution is 2.15. The van der Waals surface area contributed by atoms with Crippen molar-refractivity contribution in [3.8, 4) is 0 Å². The average Bonchev–Trinajstić information content (AvgIpc) is 2.36. The largest absolute Gasteiger partial charge is 0.481 e. The maximum Gasteiger partial charge on any atom is 0.305 e. The van der Waals surface area contributed by atoms with Crippen LogP contribution in [0.3, 0.4) is 0 Å². The van der Waals surface area contributed by atoms with Crippen molar-refractivity contribution < 1.29 is 14.7 Å². The molecular formula is C15H16N2O3. The molecule has 0 aliphatic heterocycles. The zero-order valence-electron chi connectivity index (χ0n) is 11.4. The molecule has 0 unspecified atom stereocenters. The van der Waals surface area contributed by atoms with Gasteiger partial charge in [-0.2, -0.15) is 0 Å². The molecule has 2 aromatic rings. The Morgan fingerprint density at radius 3 is 2.75 bits per heavy atom. The Labute approximate surface area is 116 Å². The van der Waals surface area contributed by atoms with Crippen molar-refractivity contribution in [2.24, 2.45) is 0 Å². The fourth-order valence-corrected chi connectivity index (χ4v) is 2.02. The molecule has 1 heterocycles. The van der Waals surface area contributed by atoms with Crippen molar-refractivity contribution in [1.82, 2.24) is 10.3 Å². The van der Waals surface area contributed by atoms with E-state index in [-0.39, 0.29) is 12.3 Å². The molecule has 5 nitrogen and oxygen atoms in total. The molecule has 0 aliphatic rings. The predicted molar refractivity (Wildman–Crippen MR) is 75.5 cm³/mol. The van der Waals surface area contributed by atoms with E-state index in [1.54, 1.807) is 44.3 Å². The van der Waals surface area contributed by atoms with Gasteiger partial charge >= 0.3 is 5.97 Å². The van der Waals surface area contributed by atoms with Gasteiger partial charge in [-0.25, -0.2) is 0 Å². The van der Waals surface area contributed by atoms with Crippen molar-refractivity contribution in [2.45, 2.75) is 25.8 Å². The third-order valence-corrected chi connectivity index (χ3v) is 2.91. The molecule has 0 spiro atoms. The molecule has 1 aromatic heterocycles. The summed E-state index contributed by atoms with van der Waals surface area (Å²) in [5.41, 5.74) is 0.505. The number of carbonyl (C=O) groups is 2. The molecule has 0 fully saturated rings. The molecule has 0 bridgehead atoms. The van der Waals surface area contributed by atoms with Gasteiger partial charge in [0.05, 0.1) is 11.9 Å². The van der Waals surface area contributed by atoms with E-state index < -0.39 is 11.5 Å². The summed E-state index contributed by atoms with van der Waals surface area (Å²) in [5.74, 6) is -1.24. The molecule has 20 heavy (non-hydrogen) atoms. The third-order valence-electron chi connectivity index (χ3n) is 2.91. The van der Waals surface area contributed by atoms with Gasteiger partial charge in [-0.1, -0.05) is 6.07 Å². The highest BCUT2D eigenvalue weighted by molar-refractivity contribution is 5.98. The van der Waals surface area contributed by atoms with Crippen molar-refractivity contribution in [3.05, 3.63) is 42.1 Å². The molecule has 0 saturated carbocycles. The Kier molecular flexibility index (Phi) is 3.70. The van der Waals surface area contributed by atoms with E-state index in [1.807, 2.05) is 6.07 Å². The van der Waals surface area contributed by atoms with Gasteiger partial charge in [0.1, 0.15) is 0 Å². The Balaban J connectivity index is 2.21. The minimum absolute atomic E-state index is 0.131. The van der Waals surface area contributed by atoms with Crippen LogP contribution in [0.5, 0.6) is 0 Å². The lowest BCUT2D eigenvalue weighted by atomic mass is 10.00. The lowest BCUT2D eigenvalue weighted by Crippen LogP contribution is -2.44. The summed E-state index contributed by atoms with van der Waals surface area (Å²) >= 11 is 0. The molecule has 0 aliphatic carbocycles. The summed E-state index contributed by atoms with van der Waals surface area (Å²) in [6, 6.07) is 8.88. The topological polar surface area (TPSA) is 79.3 Å². The first-order valence-electron chi connectivity index (χ1n) is 6.26. The van der Waals surface area contributed by atoms with Gasteiger partial charge in [0.15, 0.2) is 0 Å². The summed E-state index contributed by atoms with van der Waals surface area (Å²) in [4.78, 5) is 27.1. The maximum absolute atomic E-state index is 12.2. The van der Waals surface area contributed by atoms with Gasteiger partial charge in [0, 0.05) is 22.7 Å². The van der Waals surface area contributed by atoms with E-state index in [0.29, 0.717) is 5.56 Å². The second kappa shape index (κ2) is 5.28. The molecule has 1 amide bonds. The quantitative estimate of drug-likeness (QED) is 0.894. The van der Waals surface area contributed by atoms with E-state index in [0.717, 1.165) is 10.9 Å². The molecule has 0 radical (unpaired) electrons. The number of amides is 1. The Bertz CT molecular complexity index is 665. The van der Waals surface area contributed by atoms with Crippen molar-refractivity contribution in [1.29, 1.82) is 0 Å². The van der Waals surface area contributed by atoms with Crippen LogP contribution >= 0.6 is 0 Å². The highest BCUT2D eigenvalue weighted by Gasteiger charge is 2.24. The van der Waals surface area contributed by atoms with Crippen LogP contribution in [0.1, 0.15) is 30.6 Å². The lowest BCUT2D eigenvalue weighted by Gasteiger charge is -2.24. The van der Waals surface area contributed by atoms with Crippen LogP contribution in [0.4, 0.5) is 0 Å². The second-order valence-corrected chi connectivity index (χ2v) is 5.32. The Morgan fingerprint density at radius 2 is 2.05 bits per heavy atom. The fourth-order valence-electron chi connectivity index (χ4n) is 2.02. The van der Waals surface area contributed by atoms with E-state index in [9.17, 15) is 9.59 Å². The van der Waals surface area contributed by atoms with Crippen LogP contribution in [0.2, 0.25) is 0 Å². The number of benzene rings is 1. The maximum atomic E-state index is 12.2. The van der Waals surface area contributed by atoms with Gasteiger partial charge in [0.25, 0.3) is 5.91 Å². The number of fused-ring (bicyclic) bond motifs is 1. The zero-order chi connectivity index (χ0) is 14.8. The van der Waals surface area contributed by atoms with Crippen LogP contribution in [-0.4, -0.2) is 27.5 Å². The van der Waals surface area contributed by atoms with E-state index in [4.69, 9.17) is 5.11 Å². The van der Waals surface area contributed by atoms with Crippen molar-refractivity contribution >= 4 is 22.8 Å². The number of rotatable bonds is 4. The van der Waals surface area contributed by atoms with Crippen LogP contribution < -0.4 is 5.32 Å². The van der Waals surface area contributed by atoms with Gasteiger partial charge in [0.2, 0.25) is 0 Å². The number of aliphatic carboxylic acids is 1. The van der Waals surface area contributed by atoms with Crippen molar-refractivity contribution in [3.63, 3.8) is 0 Å². The number of carboxylic acid groups (broad SMARTS) is 1. The summed E-state index contributed by atoms with van der Waals surface area (Å²) < 4.78 is 0. The summed E-state index contributed by atoms with van der Waals surface area (Å²) in [6.07, 6.45) is 1.56. The van der Waals surface area contributed by atoms with Gasteiger partial charge < -0.3 is 10.4 Å². The minimum Gasteiger partial charge on any atom is -0.481 e. The van der Waals surface area contributed by atoms with Gasteiger partial charge in [-0.15, -0.1) is 0 Å². The monoisotopic (exact) mass is 272 g/mol. The van der Waals surface area contributed by atoms with Gasteiger partial charge in [-0.05, 0) is 38.1 Å². The Morgan fingerprint density at radius 1 is 1.30 bits per heavy atom. The highest BCUT2D eigenvalue weighted by atomic mass is 16.4. The zero-order valence-corrected chi connectivity index (χ0v) is 11.4. The van der Waals surface area contributed by atoms with Gasteiger partial charge in [-0.3, -0.25) is 14.6 Å². The molecule has 104 valence electrons. The number of carbonyl (C=O) groups excluding carboxylic acids is 1. The number of pyridine rings is 1. The smallest absolute Gasteiger partial charge is 0.305 e. The second-order valence-electron chi connectivity index (χ2n) is 5.32. The first-order valence-corrected chi connectivity index (χ1v) is 6.26. The predicted octanol–water partition coefficient (Wildman–Crippen LogP) is 2.22. The fraction of sp³-hybridized carbons (Fsp3) is 0.267. The number of carboxylic acids is 1. The van der Waals surface area contributed by atoms with Crippen LogP contribution in [-0.2, 0) is 4.79 Å².